The third-order valence-electron chi connectivity index (χ3n) is 5.95. The summed E-state index contributed by atoms with van der Waals surface area (Å²) in [5.41, 5.74) is 0. The highest BCUT2D eigenvalue weighted by Gasteiger charge is 2.45. The molecule has 0 aliphatic heterocycles. The quantitative estimate of drug-likeness (QED) is 0.802. The van der Waals surface area contributed by atoms with E-state index in [9.17, 15) is 14.7 Å². The summed E-state index contributed by atoms with van der Waals surface area (Å²) >= 11 is 0. The number of hydrogen-bond donors (Lipinski definition) is 1. The van der Waals surface area contributed by atoms with Crippen molar-refractivity contribution in [3.8, 4) is 0 Å². The fraction of sp³-hybridized carbons (Fsp3) is 0.765. The average Bonchev–Trinajstić information content (AvgIpc) is 3.03. The fourth-order valence-corrected chi connectivity index (χ4v) is 4.87. The van der Waals surface area contributed by atoms with Gasteiger partial charge in [0, 0.05) is 12.8 Å². The Hall–Kier alpha value is -1.12. The van der Waals surface area contributed by atoms with Gasteiger partial charge in [0.1, 0.15) is 5.78 Å². The van der Waals surface area contributed by atoms with Gasteiger partial charge in [-0.25, -0.2) is 0 Å². The molecule has 0 amide bonds. The molecule has 2 saturated carbocycles. The third kappa shape index (κ3) is 2.43. The summed E-state index contributed by atoms with van der Waals surface area (Å²) in [6.07, 6.45) is 9.72. The van der Waals surface area contributed by atoms with Crippen molar-refractivity contribution in [1.29, 1.82) is 0 Å². The maximum absolute atomic E-state index is 11.8. The van der Waals surface area contributed by atoms with Crippen LogP contribution in [-0.4, -0.2) is 16.9 Å². The average molecular weight is 276 g/mol. The number of carbonyl (C=O) groups excluding carboxylic acids is 1. The minimum Gasteiger partial charge on any atom is -0.481 e. The van der Waals surface area contributed by atoms with Gasteiger partial charge in [-0.15, -0.1) is 0 Å². The molecule has 0 heterocycles. The number of allylic oxidation sites excluding steroid dienone is 2. The highest BCUT2D eigenvalue weighted by molar-refractivity contribution is 5.79. The van der Waals surface area contributed by atoms with E-state index in [1.807, 2.05) is 0 Å². The van der Waals surface area contributed by atoms with Gasteiger partial charge >= 0.3 is 5.97 Å². The lowest BCUT2D eigenvalue weighted by molar-refractivity contribution is -0.148. The predicted molar refractivity (Wildman–Crippen MR) is 76.1 cm³/mol. The summed E-state index contributed by atoms with van der Waals surface area (Å²) in [6.45, 7) is 2.13. The van der Waals surface area contributed by atoms with Gasteiger partial charge < -0.3 is 5.11 Å². The number of rotatable bonds is 4. The number of hydrogen-bond acceptors (Lipinski definition) is 2. The third-order valence-corrected chi connectivity index (χ3v) is 5.95. The van der Waals surface area contributed by atoms with Crippen molar-refractivity contribution in [1.82, 2.24) is 0 Å². The van der Waals surface area contributed by atoms with Gasteiger partial charge in [0.2, 0.25) is 0 Å². The highest BCUT2D eigenvalue weighted by Crippen LogP contribution is 2.50. The Labute approximate surface area is 120 Å². The van der Waals surface area contributed by atoms with Crippen molar-refractivity contribution < 1.29 is 14.7 Å². The van der Waals surface area contributed by atoms with E-state index in [-0.39, 0.29) is 17.8 Å². The van der Waals surface area contributed by atoms with Crippen LogP contribution in [0.15, 0.2) is 12.2 Å². The molecule has 0 radical (unpaired) electrons. The van der Waals surface area contributed by atoms with Crippen LogP contribution in [0.4, 0.5) is 0 Å². The summed E-state index contributed by atoms with van der Waals surface area (Å²) in [5.74, 6) is 1.64. The Kier molecular flexibility index (Phi) is 3.70. The molecule has 1 N–H and O–H groups in total. The molecule has 5 atom stereocenters. The summed E-state index contributed by atoms with van der Waals surface area (Å²) in [7, 11) is 0. The Bertz CT molecular complexity index is 430. The number of aliphatic carboxylic acids is 1. The van der Waals surface area contributed by atoms with Crippen molar-refractivity contribution in [2.24, 2.45) is 35.5 Å². The van der Waals surface area contributed by atoms with E-state index in [4.69, 9.17) is 0 Å². The molecule has 0 aromatic carbocycles. The van der Waals surface area contributed by atoms with Gasteiger partial charge in [0.25, 0.3) is 0 Å². The molecule has 3 aliphatic rings. The number of carboxylic acids is 1. The van der Waals surface area contributed by atoms with Crippen molar-refractivity contribution >= 4 is 11.8 Å². The zero-order chi connectivity index (χ0) is 14.3. The second kappa shape index (κ2) is 5.34. The molecule has 0 aromatic rings. The van der Waals surface area contributed by atoms with Crippen LogP contribution in [0, 0.1) is 35.5 Å². The molecule has 5 unspecified atom stereocenters. The lowest BCUT2D eigenvalue weighted by atomic mass is 9.68. The number of carboxylic acid groups (broad SMARTS) is 1. The Morgan fingerprint density at radius 1 is 1.25 bits per heavy atom. The smallest absolute Gasteiger partial charge is 0.307 e. The molecule has 3 aliphatic carbocycles. The Morgan fingerprint density at radius 3 is 2.45 bits per heavy atom. The second-order valence-corrected chi connectivity index (χ2v) is 7.04. The number of carbonyl (C=O) groups is 2. The van der Waals surface area contributed by atoms with E-state index in [0.29, 0.717) is 36.4 Å². The molecule has 3 nitrogen and oxygen atoms in total. The van der Waals surface area contributed by atoms with Crippen molar-refractivity contribution in [2.75, 3.05) is 0 Å². The SMILES string of the molecule is CC(C1CC2C=CC1C2)C(C(=O)O)C1CCC(=O)CC1. The maximum atomic E-state index is 11.8. The first-order valence-corrected chi connectivity index (χ1v) is 7.99. The van der Waals surface area contributed by atoms with Gasteiger partial charge in [-0.1, -0.05) is 19.1 Å². The van der Waals surface area contributed by atoms with Crippen LogP contribution in [0.3, 0.4) is 0 Å². The van der Waals surface area contributed by atoms with E-state index in [0.717, 1.165) is 19.3 Å². The van der Waals surface area contributed by atoms with Crippen LogP contribution in [0.5, 0.6) is 0 Å². The summed E-state index contributed by atoms with van der Waals surface area (Å²) in [5, 5.41) is 9.69. The number of ketones is 1. The van der Waals surface area contributed by atoms with E-state index >= 15 is 0 Å². The molecule has 3 heteroatoms. The van der Waals surface area contributed by atoms with Gasteiger partial charge in [-0.2, -0.15) is 0 Å². The zero-order valence-electron chi connectivity index (χ0n) is 12.1. The maximum Gasteiger partial charge on any atom is 0.307 e. The highest BCUT2D eigenvalue weighted by atomic mass is 16.4. The summed E-state index contributed by atoms with van der Waals surface area (Å²) < 4.78 is 0. The lowest BCUT2D eigenvalue weighted by Crippen LogP contribution is -2.36. The Balaban J connectivity index is 1.72. The van der Waals surface area contributed by atoms with Crippen LogP contribution in [-0.2, 0) is 9.59 Å². The van der Waals surface area contributed by atoms with Crippen LogP contribution in [0.2, 0.25) is 0 Å². The van der Waals surface area contributed by atoms with E-state index in [1.54, 1.807) is 0 Å². The lowest BCUT2D eigenvalue weighted by Gasteiger charge is -2.36. The first-order chi connectivity index (χ1) is 9.56. The molecule has 20 heavy (non-hydrogen) atoms. The zero-order valence-corrected chi connectivity index (χ0v) is 12.1. The van der Waals surface area contributed by atoms with E-state index < -0.39 is 5.97 Å². The van der Waals surface area contributed by atoms with Crippen LogP contribution in [0.25, 0.3) is 0 Å². The molecular weight excluding hydrogens is 252 g/mol. The van der Waals surface area contributed by atoms with Crippen molar-refractivity contribution in [2.45, 2.75) is 45.4 Å². The molecule has 0 spiro atoms. The largest absolute Gasteiger partial charge is 0.481 e. The number of fused-ring (bicyclic) bond motifs is 2. The van der Waals surface area contributed by atoms with Crippen LogP contribution >= 0.6 is 0 Å². The minimum atomic E-state index is -0.649. The van der Waals surface area contributed by atoms with Gasteiger partial charge in [-0.3, -0.25) is 9.59 Å². The van der Waals surface area contributed by atoms with E-state index in [1.165, 1.54) is 6.42 Å². The second-order valence-electron chi connectivity index (χ2n) is 7.04. The normalized spacial score (nSPS) is 36.2. The van der Waals surface area contributed by atoms with Crippen LogP contribution in [0.1, 0.15) is 45.4 Å². The molecule has 110 valence electrons. The minimum absolute atomic E-state index is 0.198. The Morgan fingerprint density at radius 2 is 1.95 bits per heavy atom. The molecular formula is C17H24O3. The topological polar surface area (TPSA) is 54.4 Å². The van der Waals surface area contributed by atoms with Gasteiger partial charge in [0.15, 0.2) is 0 Å². The molecule has 2 bridgehead atoms. The molecule has 2 fully saturated rings. The fourth-order valence-electron chi connectivity index (χ4n) is 4.87. The van der Waals surface area contributed by atoms with Crippen molar-refractivity contribution in [3.63, 3.8) is 0 Å². The predicted octanol–water partition coefficient (Wildman–Crippen LogP) is 3.29. The first-order valence-electron chi connectivity index (χ1n) is 7.99. The summed E-state index contributed by atoms with van der Waals surface area (Å²) in [6, 6.07) is 0. The summed E-state index contributed by atoms with van der Waals surface area (Å²) in [4.78, 5) is 23.2. The van der Waals surface area contributed by atoms with Crippen LogP contribution < -0.4 is 0 Å². The molecule has 0 aromatic heterocycles. The van der Waals surface area contributed by atoms with Gasteiger partial charge in [-0.05, 0) is 55.3 Å². The standard InChI is InChI=1S/C17H24O3/c1-10(15-9-11-2-3-13(15)8-11)16(17(19)20)12-4-6-14(18)7-5-12/h2-3,10-13,15-16H,4-9H2,1H3,(H,19,20). The molecule has 3 rings (SSSR count). The first kappa shape index (κ1) is 13.8. The molecule has 0 saturated heterocycles. The van der Waals surface area contributed by atoms with E-state index in [2.05, 4.69) is 19.1 Å². The number of Topliss-reactive ketones (excluding diaryl/α,β-unsaturated/α-hetero) is 1. The van der Waals surface area contributed by atoms with Crippen molar-refractivity contribution in [3.05, 3.63) is 12.2 Å². The monoisotopic (exact) mass is 276 g/mol. The van der Waals surface area contributed by atoms with Gasteiger partial charge in [0.05, 0.1) is 5.92 Å².